The zero-order valence-electron chi connectivity index (χ0n) is 9.94. The quantitative estimate of drug-likeness (QED) is 0.939. The monoisotopic (exact) mass is 323 g/mol. The molecule has 1 amide bonds. The zero-order chi connectivity index (χ0) is 13.7. The molecule has 6 heteroatoms. The topological polar surface area (TPSA) is 54.9 Å². The summed E-state index contributed by atoms with van der Waals surface area (Å²) in [7, 11) is 0. The van der Waals surface area contributed by atoms with E-state index < -0.39 is 0 Å². The second kappa shape index (κ2) is 6.38. The third-order valence-corrected chi connectivity index (χ3v) is 2.85. The fourth-order valence-corrected chi connectivity index (χ4v) is 1.74. The van der Waals surface area contributed by atoms with Crippen molar-refractivity contribution in [1.82, 2.24) is 15.3 Å². The van der Waals surface area contributed by atoms with Crippen molar-refractivity contribution in [1.29, 1.82) is 0 Å². The molecule has 0 aliphatic rings. The zero-order valence-corrected chi connectivity index (χ0v) is 11.5. The Labute approximate surface area is 118 Å². The highest BCUT2D eigenvalue weighted by molar-refractivity contribution is 9.10. The van der Waals surface area contributed by atoms with Crippen LogP contribution in [0.1, 0.15) is 16.1 Å². The number of hydrogen-bond acceptors (Lipinski definition) is 3. The summed E-state index contributed by atoms with van der Waals surface area (Å²) in [5.74, 6) is -0.570. The van der Waals surface area contributed by atoms with Crippen molar-refractivity contribution in [2.45, 2.75) is 6.42 Å². The Morgan fingerprint density at radius 2 is 2.16 bits per heavy atom. The van der Waals surface area contributed by atoms with Crippen molar-refractivity contribution in [2.24, 2.45) is 0 Å². The molecule has 2 rings (SSSR count). The van der Waals surface area contributed by atoms with Gasteiger partial charge in [-0.05, 0) is 40.0 Å². The molecule has 0 aliphatic carbocycles. The summed E-state index contributed by atoms with van der Waals surface area (Å²) in [6.07, 6.45) is 3.41. The maximum Gasteiger partial charge on any atom is 0.271 e. The third-order valence-electron chi connectivity index (χ3n) is 2.44. The van der Waals surface area contributed by atoms with Crippen LogP contribution >= 0.6 is 15.9 Å². The minimum absolute atomic E-state index is 0.252. The lowest BCUT2D eigenvalue weighted by Crippen LogP contribution is -2.26. The van der Waals surface area contributed by atoms with Crippen molar-refractivity contribution in [3.05, 3.63) is 58.3 Å². The molecule has 4 nitrogen and oxygen atoms in total. The summed E-state index contributed by atoms with van der Waals surface area (Å²) in [4.78, 5) is 19.6. The van der Waals surface area contributed by atoms with Crippen molar-refractivity contribution in [3.63, 3.8) is 0 Å². The van der Waals surface area contributed by atoms with Crippen molar-refractivity contribution >= 4 is 21.8 Å². The van der Waals surface area contributed by atoms with E-state index in [4.69, 9.17) is 0 Å². The van der Waals surface area contributed by atoms with E-state index in [-0.39, 0.29) is 17.4 Å². The van der Waals surface area contributed by atoms with Crippen LogP contribution < -0.4 is 5.32 Å². The summed E-state index contributed by atoms with van der Waals surface area (Å²) in [6, 6.07) is 6.30. The van der Waals surface area contributed by atoms with Crippen LogP contribution in [0.3, 0.4) is 0 Å². The van der Waals surface area contributed by atoms with Crippen LogP contribution in [0.4, 0.5) is 4.39 Å². The molecule has 2 aromatic rings. The minimum Gasteiger partial charge on any atom is -0.350 e. The summed E-state index contributed by atoms with van der Waals surface area (Å²) in [5, 5.41) is 2.71. The molecule has 1 aromatic carbocycles. The molecule has 0 bridgehead atoms. The van der Waals surface area contributed by atoms with E-state index in [0.717, 1.165) is 5.56 Å². The van der Waals surface area contributed by atoms with Gasteiger partial charge in [-0.3, -0.25) is 4.79 Å². The number of amides is 1. The molecule has 0 radical (unpaired) electrons. The number of benzene rings is 1. The lowest BCUT2D eigenvalue weighted by molar-refractivity contribution is 0.0948. The average molecular weight is 324 g/mol. The standard InChI is InChI=1S/C13H11BrFN3O/c14-12-8-17-11(7-18-12)13(19)16-5-4-9-2-1-3-10(15)6-9/h1-3,6-8H,4-5H2,(H,16,19). The first kappa shape index (κ1) is 13.6. The van der Waals surface area contributed by atoms with E-state index >= 15 is 0 Å². The third kappa shape index (κ3) is 4.10. The molecule has 0 spiro atoms. The minimum atomic E-state index is -0.295. The number of carbonyl (C=O) groups excluding carboxylic acids is 1. The van der Waals surface area contributed by atoms with Crippen LogP contribution in [0.15, 0.2) is 41.3 Å². The van der Waals surface area contributed by atoms with Gasteiger partial charge in [0.25, 0.3) is 5.91 Å². The number of nitrogens with zero attached hydrogens (tertiary/aromatic N) is 2. The molecule has 1 N–H and O–H groups in total. The molecular formula is C13H11BrFN3O. The molecule has 0 aliphatic heterocycles. The number of carbonyl (C=O) groups is 1. The van der Waals surface area contributed by atoms with E-state index in [2.05, 4.69) is 31.2 Å². The van der Waals surface area contributed by atoms with Gasteiger partial charge in [-0.15, -0.1) is 0 Å². The van der Waals surface area contributed by atoms with Crippen LogP contribution in [0.5, 0.6) is 0 Å². The normalized spacial score (nSPS) is 10.2. The fraction of sp³-hybridized carbons (Fsp3) is 0.154. The Balaban J connectivity index is 1.86. The van der Waals surface area contributed by atoms with Gasteiger partial charge in [0.15, 0.2) is 0 Å². The van der Waals surface area contributed by atoms with Crippen LogP contribution in [0.2, 0.25) is 0 Å². The van der Waals surface area contributed by atoms with Crippen LogP contribution in [-0.4, -0.2) is 22.4 Å². The van der Waals surface area contributed by atoms with Gasteiger partial charge < -0.3 is 5.32 Å². The van der Waals surface area contributed by atoms with Gasteiger partial charge in [0.05, 0.1) is 12.4 Å². The van der Waals surface area contributed by atoms with Gasteiger partial charge in [0.2, 0.25) is 0 Å². The molecule has 98 valence electrons. The number of hydrogen-bond donors (Lipinski definition) is 1. The van der Waals surface area contributed by atoms with Gasteiger partial charge in [-0.1, -0.05) is 12.1 Å². The highest BCUT2D eigenvalue weighted by Crippen LogP contribution is 2.04. The van der Waals surface area contributed by atoms with E-state index in [1.807, 2.05) is 6.07 Å². The van der Waals surface area contributed by atoms with Gasteiger partial charge in [0, 0.05) is 6.54 Å². The molecule has 0 fully saturated rings. The summed E-state index contributed by atoms with van der Waals surface area (Å²) in [5.41, 5.74) is 1.09. The maximum atomic E-state index is 12.9. The Hall–Kier alpha value is -1.82. The smallest absolute Gasteiger partial charge is 0.271 e. The first-order chi connectivity index (χ1) is 9.15. The van der Waals surface area contributed by atoms with Crippen LogP contribution in [0.25, 0.3) is 0 Å². The van der Waals surface area contributed by atoms with Gasteiger partial charge >= 0.3 is 0 Å². The van der Waals surface area contributed by atoms with Crippen molar-refractivity contribution in [2.75, 3.05) is 6.54 Å². The van der Waals surface area contributed by atoms with E-state index in [0.29, 0.717) is 17.6 Å². The highest BCUT2D eigenvalue weighted by Gasteiger charge is 2.06. The van der Waals surface area contributed by atoms with E-state index in [1.165, 1.54) is 24.5 Å². The summed E-state index contributed by atoms with van der Waals surface area (Å²) in [6.45, 7) is 0.417. The molecule has 1 aromatic heterocycles. The lowest BCUT2D eigenvalue weighted by atomic mass is 10.1. The largest absolute Gasteiger partial charge is 0.350 e. The molecule has 0 saturated carbocycles. The number of halogens is 2. The van der Waals surface area contributed by atoms with Crippen LogP contribution in [0, 0.1) is 5.82 Å². The predicted octanol–water partition coefficient (Wildman–Crippen LogP) is 2.35. The molecule has 19 heavy (non-hydrogen) atoms. The molecule has 0 saturated heterocycles. The first-order valence-electron chi connectivity index (χ1n) is 5.65. The van der Waals surface area contributed by atoms with Gasteiger partial charge in [-0.2, -0.15) is 0 Å². The number of rotatable bonds is 4. The lowest BCUT2D eigenvalue weighted by Gasteiger charge is -2.04. The Morgan fingerprint density at radius 1 is 1.32 bits per heavy atom. The summed E-state index contributed by atoms with van der Waals surface area (Å²) >= 11 is 3.14. The number of aromatic nitrogens is 2. The maximum absolute atomic E-state index is 12.9. The Kier molecular flexibility index (Phi) is 4.57. The van der Waals surface area contributed by atoms with Crippen LogP contribution in [-0.2, 0) is 6.42 Å². The fourth-order valence-electron chi connectivity index (χ4n) is 1.53. The summed E-state index contributed by atoms with van der Waals surface area (Å²) < 4.78 is 13.5. The Bertz CT molecular complexity index is 574. The second-order valence-corrected chi connectivity index (χ2v) is 4.67. The van der Waals surface area contributed by atoms with Gasteiger partial charge in [0.1, 0.15) is 16.1 Å². The van der Waals surface area contributed by atoms with Gasteiger partial charge in [-0.25, -0.2) is 14.4 Å². The predicted molar refractivity (Wildman–Crippen MR) is 72.2 cm³/mol. The first-order valence-corrected chi connectivity index (χ1v) is 6.44. The molecule has 0 unspecified atom stereocenters. The van der Waals surface area contributed by atoms with Crippen molar-refractivity contribution < 1.29 is 9.18 Å². The van der Waals surface area contributed by atoms with Crippen molar-refractivity contribution in [3.8, 4) is 0 Å². The number of nitrogens with one attached hydrogen (secondary N) is 1. The SMILES string of the molecule is O=C(NCCc1cccc(F)c1)c1cnc(Br)cn1. The molecule has 0 atom stereocenters. The van der Waals surface area contributed by atoms with E-state index in [9.17, 15) is 9.18 Å². The van der Waals surface area contributed by atoms with E-state index in [1.54, 1.807) is 6.07 Å². The second-order valence-electron chi connectivity index (χ2n) is 3.86. The molecule has 1 heterocycles. The average Bonchev–Trinajstić information content (AvgIpc) is 2.39. The highest BCUT2D eigenvalue weighted by atomic mass is 79.9. The molecular weight excluding hydrogens is 313 g/mol. The Morgan fingerprint density at radius 3 is 2.84 bits per heavy atom.